The average molecular weight is 195 g/mol. The Labute approximate surface area is 86.6 Å². The lowest BCUT2D eigenvalue weighted by molar-refractivity contribution is -0.0572. The molecule has 2 heterocycles. The highest BCUT2D eigenvalue weighted by Crippen LogP contribution is 2.31. The summed E-state index contributed by atoms with van der Waals surface area (Å²) >= 11 is 0. The summed E-state index contributed by atoms with van der Waals surface area (Å²) in [5.41, 5.74) is 0. The molecule has 3 fully saturated rings. The van der Waals surface area contributed by atoms with Crippen molar-refractivity contribution < 1.29 is 4.74 Å². The predicted molar refractivity (Wildman–Crippen MR) is 56.3 cm³/mol. The standard InChI is InChI=1S/C12H21NO/c1-2-4-10(5-3-1)13-8-11-6-7-12(9-13)14-11/h10-12H,1-9H2/t11-,12-/m0/s1. The summed E-state index contributed by atoms with van der Waals surface area (Å²) < 4.78 is 5.88. The van der Waals surface area contributed by atoms with E-state index in [4.69, 9.17) is 4.74 Å². The van der Waals surface area contributed by atoms with Crippen LogP contribution >= 0.6 is 0 Å². The van der Waals surface area contributed by atoms with E-state index in [1.165, 1.54) is 58.0 Å². The minimum Gasteiger partial charge on any atom is -0.372 e. The van der Waals surface area contributed by atoms with Gasteiger partial charge in [-0.15, -0.1) is 0 Å². The van der Waals surface area contributed by atoms with E-state index in [9.17, 15) is 0 Å². The number of fused-ring (bicyclic) bond motifs is 2. The molecule has 0 aromatic heterocycles. The largest absolute Gasteiger partial charge is 0.372 e. The highest BCUT2D eigenvalue weighted by molar-refractivity contribution is 4.88. The van der Waals surface area contributed by atoms with Crippen LogP contribution in [0.2, 0.25) is 0 Å². The fourth-order valence-electron chi connectivity index (χ4n) is 3.39. The average Bonchev–Trinajstić information content (AvgIpc) is 2.59. The highest BCUT2D eigenvalue weighted by Gasteiger charge is 2.36. The van der Waals surface area contributed by atoms with Crippen LogP contribution in [0.3, 0.4) is 0 Å². The van der Waals surface area contributed by atoms with Crippen molar-refractivity contribution in [2.75, 3.05) is 13.1 Å². The number of nitrogens with zero attached hydrogens (tertiary/aromatic N) is 1. The summed E-state index contributed by atoms with van der Waals surface area (Å²) in [5, 5.41) is 0. The Bertz CT molecular complexity index is 188. The van der Waals surface area contributed by atoms with Gasteiger partial charge in [-0.25, -0.2) is 0 Å². The Kier molecular flexibility index (Phi) is 2.50. The zero-order valence-electron chi connectivity index (χ0n) is 8.95. The van der Waals surface area contributed by atoms with E-state index in [1.807, 2.05) is 0 Å². The third-order valence-electron chi connectivity index (χ3n) is 4.16. The van der Waals surface area contributed by atoms with Gasteiger partial charge in [0.25, 0.3) is 0 Å². The number of hydrogen-bond donors (Lipinski definition) is 0. The molecule has 0 N–H and O–H groups in total. The number of hydrogen-bond acceptors (Lipinski definition) is 2. The second kappa shape index (κ2) is 3.82. The lowest BCUT2D eigenvalue weighted by Gasteiger charge is -2.39. The maximum atomic E-state index is 5.88. The van der Waals surface area contributed by atoms with Crippen LogP contribution in [0.15, 0.2) is 0 Å². The van der Waals surface area contributed by atoms with E-state index < -0.39 is 0 Å². The molecule has 2 atom stereocenters. The summed E-state index contributed by atoms with van der Waals surface area (Å²) in [5.74, 6) is 0. The number of morpholine rings is 1. The van der Waals surface area contributed by atoms with Gasteiger partial charge in [-0.2, -0.15) is 0 Å². The first-order chi connectivity index (χ1) is 6.92. The first kappa shape index (κ1) is 9.17. The van der Waals surface area contributed by atoms with Crippen molar-refractivity contribution in [3.05, 3.63) is 0 Å². The number of ether oxygens (including phenoxy) is 1. The van der Waals surface area contributed by atoms with Crippen molar-refractivity contribution in [2.24, 2.45) is 0 Å². The second-order valence-corrected chi connectivity index (χ2v) is 5.20. The maximum Gasteiger partial charge on any atom is 0.0707 e. The van der Waals surface area contributed by atoms with Gasteiger partial charge in [-0.3, -0.25) is 4.90 Å². The molecule has 1 saturated carbocycles. The molecule has 2 heteroatoms. The second-order valence-electron chi connectivity index (χ2n) is 5.20. The Morgan fingerprint density at radius 3 is 2.07 bits per heavy atom. The van der Waals surface area contributed by atoms with Crippen molar-refractivity contribution in [1.29, 1.82) is 0 Å². The quantitative estimate of drug-likeness (QED) is 0.636. The summed E-state index contributed by atoms with van der Waals surface area (Å²) in [6.07, 6.45) is 11.1. The normalized spacial score (nSPS) is 40.3. The summed E-state index contributed by atoms with van der Waals surface area (Å²) in [6, 6.07) is 0.899. The van der Waals surface area contributed by atoms with Gasteiger partial charge in [0, 0.05) is 19.1 Å². The minimum absolute atomic E-state index is 0.579. The Balaban J connectivity index is 1.61. The molecule has 3 rings (SSSR count). The molecule has 3 aliphatic rings. The van der Waals surface area contributed by atoms with Crippen molar-refractivity contribution in [3.8, 4) is 0 Å². The van der Waals surface area contributed by atoms with Crippen LogP contribution in [0.4, 0.5) is 0 Å². The van der Waals surface area contributed by atoms with Gasteiger partial charge in [-0.05, 0) is 25.7 Å². The van der Waals surface area contributed by atoms with Crippen molar-refractivity contribution in [1.82, 2.24) is 4.90 Å². The molecule has 2 nitrogen and oxygen atoms in total. The Morgan fingerprint density at radius 1 is 0.786 bits per heavy atom. The van der Waals surface area contributed by atoms with Gasteiger partial charge >= 0.3 is 0 Å². The summed E-state index contributed by atoms with van der Waals surface area (Å²) in [4.78, 5) is 2.73. The van der Waals surface area contributed by atoms with Crippen LogP contribution in [0, 0.1) is 0 Å². The van der Waals surface area contributed by atoms with E-state index in [2.05, 4.69) is 4.90 Å². The zero-order chi connectivity index (χ0) is 9.38. The molecule has 0 aromatic carbocycles. The Morgan fingerprint density at radius 2 is 1.43 bits per heavy atom. The SMILES string of the molecule is C1CCC(N2C[C@@H]3CC[C@@H](C2)O3)CC1. The number of rotatable bonds is 1. The Hall–Kier alpha value is -0.0800. The van der Waals surface area contributed by atoms with Crippen LogP contribution < -0.4 is 0 Å². The van der Waals surface area contributed by atoms with Crippen LogP contribution in [-0.4, -0.2) is 36.2 Å². The van der Waals surface area contributed by atoms with Crippen LogP contribution in [-0.2, 0) is 4.74 Å². The lowest BCUT2D eigenvalue weighted by Crippen LogP contribution is -2.48. The zero-order valence-corrected chi connectivity index (χ0v) is 8.95. The molecule has 0 unspecified atom stereocenters. The molecule has 2 aliphatic heterocycles. The van der Waals surface area contributed by atoms with Gasteiger partial charge in [-0.1, -0.05) is 19.3 Å². The summed E-state index contributed by atoms with van der Waals surface area (Å²) in [6.45, 7) is 2.45. The van der Waals surface area contributed by atoms with Gasteiger partial charge < -0.3 is 4.74 Å². The van der Waals surface area contributed by atoms with E-state index in [1.54, 1.807) is 0 Å². The highest BCUT2D eigenvalue weighted by atomic mass is 16.5. The third kappa shape index (κ3) is 1.70. The first-order valence-electron chi connectivity index (χ1n) is 6.31. The smallest absolute Gasteiger partial charge is 0.0707 e. The van der Waals surface area contributed by atoms with Crippen molar-refractivity contribution in [2.45, 2.75) is 63.2 Å². The van der Waals surface area contributed by atoms with Crippen LogP contribution in [0.1, 0.15) is 44.9 Å². The van der Waals surface area contributed by atoms with Gasteiger partial charge in [0.05, 0.1) is 12.2 Å². The molecular formula is C12H21NO. The van der Waals surface area contributed by atoms with Gasteiger partial charge in [0.2, 0.25) is 0 Å². The molecule has 0 spiro atoms. The summed E-state index contributed by atoms with van der Waals surface area (Å²) in [7, 11) is 0. The molecule has 0 radical (unpaired) electrons. The maximum absolute atomic E-state index is 5.88. The fraction of sp³-hybridized carbons (Fsp3) is 1.00. The predicted octanol–water partition coefficient (Wildman–Crippen LogP) is 2.18. The van der Waals surface area contributed by atoms with Crippen LogP contribution in [0.5, 0.6) is 0 Å². The van der Waals surface area contributed by atoms with Gasteiger partial charge in [0.1, 0.15) is 0 Å². The van der Waals surface area contributed by atoms with Crippen LogP contribution in [0.25, 0.3) is 0 Å². The van der Waals surface area contributed by atoms with Crippen molar-refractivity contribution >= 4 is 0 Å². The van der Waals surface area contributed by atoms with Crippen molar-refractivity contribution in [3.63, 3.8) is 0 Å². The molecule has 1 aliphatic carbocycles. The molecule has 2 saturated heterocycles. The molecular weight excluding hydrogens is 174 g/mol. The van der Waals surface area contributed by atoms with E-state index in [-0.39, 0.29) is 0 Å². The third-order valence-corrected chi connectivity index (χ3v) is 4.16. The molecule has 0 aromatic rings. The molecule has 2 bridgehead atoms. The van der Waals surface area contributed by atoms with E-state index in [0.717, 1.165) is 6.04 Å². The van der Waals surface area contributed by atoms with E-state index in [0.29, 0.717) is 12.2 Å². The van der Waals surface area contributed by atoms with Gasteiger partial charge in [0.15, 0.2) is 0 Å². The monoisotopic (exact) mass is 195 g/mol. The topological polar surface area (TPSA) is 12.5 Å². The fourth-order valence-corrected chi connectivity index (χ4v) is 3.39. The van der Waals surface area contributed by atoms with E-state index >= 15 is 0 Å². The molecule has 0 amide bonds. The minimum atomic E-state index is 0.579. The molecule has 14 heavy (non-hydrogen) atoms. The molecule has 80 valence electrons. The lowest BCUT2D eigenvalue weighted by atomic mass is 9.93. The number of likely N-dealkylation sites (tertiary alicyclic amines) is 1. The first-order valence-corrected chi connectivity index (χ1v) is 6.31.